The number of hydrogen-bond acceptors (Lipinski definition) is 5. The first-order valence-electron chi connectivity index (χ1n) is 8.50. The molecule has 1 heterocycles. The number of ether oxygens (including phenoxy) is 3. The maximum atomic E-state index is 11.9. The predicted octanol–water partition coefficient (Wildman–Crippen LogP) is 3.01. The summed E-state index contributed by atoms with van der Waals surface area (Å²) in [7, 11) is 1.64. The Morgan fingerprint density at radius 2 is 1.80 bits per heavy atom. The monoisotopic (exact) mass is 341 g/mol. The van der Waals surface area contributed by atoms with Crippen molar-refractivity contribution in [1.82, 2.24) is 4.90 Å². The Morgan fingerprint density at radius 3 is 2.56 bits per heavy atom. The second-order valence-corrected chi connectivity index (χ2v) is 5.98. The molecular formula is C20H23NO4. The quantitative estimate of drug-likeness (QED) is 0.725. The fourth-order valence-electron chi connectivity index (χ4n) is 2.92. The number of carbonyl (C=O) groups is 1. The zero-order chi connectivity index (χ0) is 17.5. The smallest absolute Gasteiger partial charge is 0.338 e. The molecule has 2 aromatic carbocycles. The van der Waals surface area contributed by atoms with Crippen molar-refractivity contribution in [3.8, 4) is 11.5 Å². The van der Waals surface area contributed by atoms with E-state index in [-0.39, 0.29) is 12.1 Å². The Hall–Kier alpha value is -2.53. The lowest BCUT2D eigenvalue weighted by molar-refractivity contribution is 0.0468. The third-order valence-electron chi connectivity index (χ3n) is 4.24. The van der Waals surface area contributed by atoms with Gasteiger partial charge in [-0.15, -0.1) is 0 Å². The molecule has 5 nitrogen and oxygen atoms in total. The van der Waals surface area contributed by atoms with Crippen LogP contribution in [-0.4, -0.2) is 50.3 Å². The van der Waals surface area contributed by atoms with E-state index in [0.29, 0.717) is 18.7 Å². The molecule has 1 aliphatic heterocycles. The Morgan fingerprint density at radius 1 is 1.08 bits per heavy atom. The van der Waals surface area contributed by atoms with E-state index in [1.54, 1.807) is 19.2 Å². The molecule has 0 aromatic heterocycles. The Balaban J connectivity index is 1.42. The van der Waals surface area contributed by atoms with Crippen molar-refractivity contribution in [2.24, 2.45) is 0 Å². The first-order valence-corrected chi connectivity index (χ1v) is 8.50. The van der Waals surface area contributed by atoms with Crippen molar-refractivity contribution < 1.29 is 19.0 Å². The summed E-state index contributed by atoms with van der Waals surface area (Å²) in [5.41, 5.74) is 0.585. The van der Waals surface area contributed by atoms with E-state index < -0.39 is 0 Å². The minimum Gasteiger partial charge on any atom is -0.493 e. The van der Waals surface area contributed by atoms with Crippen molar-refractivity contribution in [2.45, 2.75) is 12.5 Å². The lowest BCUT2D eigenvalue weighted by Gasteiger charge is -2.18. The molecule has 0 N–H and O–H groups in total. The first-order chi connectivity index (χ1) is 12.3. The van der Waals surface area contributed by atoms with Gasteiger partial charge in [0, 0.05) is 19.6 Å². The van der Waals surface area contributed by atoms with E-state index in [2.05, 4.69) is 4.90 Å². The number of likely N-dealkylation sites (tertiary alicyclic amines) is 1. The SMILES string of the molecule is COc1ccccc1OC1CCN(CCOC(=O)c2ccccc2)C1. The van der Waals surface area contributed by atoms with E-state index in [0.717, 1.165) is 31.0 Å². The predicted molar refractivity (Wildman–Crippen MR) is 95.2 cm³/mol. The molecule has 25 heavy (non-hydrogen) atoms. The van der Waals surface area contributed by atoms with Crippen molar-refractivity contribution in [3.63, 3.8) is 0 Å². The van der Waals surface area contributed by atoms with Crippen LogP contribution in [0.4, 0.5) is 0 Å². The van der Waals surface area contributed by atoms with Crippen LogP contribution in [-0.2, 0) is 4.74 Å². The fourth-order valence-corrected chi connectivity index (χ4v) is 2.92. The standard InChI is InChI=1S/C20H23NO4/c1-23-18-9-5-6-10-19(18)25-17-11-12-21(15-17)13-14-24-20(22)16-7-3-2-4-8-16/h2-10,17H,11-15H2,1H3. The van der Waals surface area contributed by atoms with Crippen molar-refractivity contribution >= 4 is 5.97 Å². The first kappa shape index (κ1) is 17.3. The van der Waals surface area contributed by atoms with Crippen LogP contribution in [0, 0.1) is 0 Å². The van der Waals surface area contributed by atoms with Gasteiger partial charge in [-0.3, -0.25) is 4.90 Å². The van der Waals surface area contributed by atoms with Crippen LogP contribution in [0.25, 0.3) is 0 Å². The van der Waals surface area contributed by atoms with Gasteiger partial charge < -0.3 is 14.2 Å². The summed E-state index contributed by atoms with van der Waals surface area (Å²) in [6.07, 6.45) is 1.08. The lowest BCUT2D eigenvalue weighted by atomic mass is 10.2. The Labute approximate surface area is 148 Å². The highest BCUT2D eigenvalue weighted by molar-refractivity contribution is 5.89. The van der Waals surface area contributed by atoms with Crippen LogP contribution in [0.5, 0.6) is 11.5 Å². The highest BCUT2D eigenvalue weighted by Gasteiger charge is 2.24. The average molecular weight is 341 g/mol. The van der Waals surface area contributed by atoms with Gasteiger partial charge in [0.15, 0.2) is 11.5 Å². The summed E-state index contributed by atoms with van der Waals surface area (Å²) >= 11 is 0. The van der Waals surface area contributed by atoms with E-state index >= 15 is 0 Å². The normalized spacial score (nSPS) is 17.2. The van der Waals surface area contributed by atoms with Crippen LogP contribution < -0.4 is 9.47 Å². The topological polar surface area (TPSA) is 48.0 Å². The molecule has 0 spiro atoms. The minimum atomic E-state index is -0.276. The third-order valence-corrected chi connectivity index (χ3v) is 4.24. The summed E-state index contributed by atoms with van der Waals surface area (Å²) in [5.74, 6) is 1.24. The number of rotatable bonds is 7. The van der Waals surface area contributed by atoms with Gasteiger partial charge in [0.25, 0.3) is 0 Å². The van der Waals surface area contributed by atoms with Gasteiger partial charge in [0.05, 0.1) is 12.7 Å². The molecule has 0 saturated carbocycles. The van der Waals surface area contributed by atoms with Gasteiger partial charge in [-0.25, -0.2) is 4.79 Å². The number of methoxy groups -OCH3 is 1. The van der Waals surface area contributed by atoms with E-state index in [1.807, 2.05) is 42.5 Å². The molecule has 2 aromatic rings. The highest BCUT2D eigenvalue weighted by Crippen LogP contribution is 2.28. The molecule has 0 bridgehead atoms. The van der Waals surface area contributed by atoms with Crippen molar-refractivity contribution in [1.29, 1.82) is 0 Å². The zero-order valence-electron chi connectivity index (χ0n) is 14.4. The number of carbonyl (C=O) groups excluding carboxylic acids is 1. The van der Waals surface area contributed by atoms with Crippen LogP contribution >= 0.6 is 0 Å². The minimum absolute atomic E-state index is 0.126. The number of para-hydroxylation sites is 2. The molecule has 1 fully saturated rings. The van der Waals surface area contributed by atoms with E-state index in [9.17, 15) is 4.79 Å². The van der Waals surface area contributed by atoms with E-state index in [4.69, 9.17) is 14.2 Å². The van der Waals surface area contributed by atoms with Gasteiger partial charge in [0.1, 0.15) is 12.7 Å². The van der Waals surface area contributed by atoms with Gasteiger partial charge in [-0.2, -0.15) is 0 Å². The molecule has 5 heteroatoms. The largest absolute Gasteiger partial charge is 0.493 e. The fraction of sp³-hybridized carbons (Fsp3) is 0.350. The third kappa shape index (κ3) is 4.73. The number of esters is 1. The van der Waals surface area contributed by atoms with Crippen LogP contribution in [0.1, 0.15) is 16.8 Å². The molecule has 0 amide bonds. The van der Waals surface area contributed by atoms with Gasteiger partial charge >= 0.3 is 5.97 Å². The van der Waals surface area contributed by atoms with Crippen molar-refractivity contribution in [2.75, 3.05) is 33.4 Å². The Kier molecular flexibility index (Phi) is 5.90. The van der Waals surface area contributed by atoms with Crippen LogP contribution in [0.3, 0.4) is 0 Å². The number of hydrogen-bond donors (Lipinski definition) is 0. The lowest BCUT2D eigenvalue weighted by Crippen LogP contribution is -2.28. The maximum absolute atomic E-state index is 11.9. The molecule has 132 valence electrons. The molecule has 1 atom stereocenters. The molecule has 1 saturated heterocycles. The molecule has 1 unspecified atom stereocenters. The highest BCUT2D eigenvalue weighted by atomic mass is 16.5. The number of benzene rings is 2. The summed E-state index contributed by atoms with van der Waals surface area (Å²) in [4.78, 5) is 14.2. The van der Waals surface area contributed by atoms with Gasteiger partial charge in [0.2, 0.25) is 0 Å². The second-order valence-electron chi connectivity index (χ2n) is 5.98. The summed E-state index contributed by atoms with van der Waals surface area (Å²) in [6.45, 7) is 2.85. The maximum Gasteiger partial charge on any atom is 0.338 e. The molecule has 0 radical (unpaired) electrons. The van der Waals surface area contributed by atoms with Gasteiger partial charge in [-0.05, 0) is 30.7 Å². The molecule has 0 aliphatic carbocycles. The van der Waals surface area contributed by atoms with Crippen LogP contribution in [0.2, 0.25) is 0 Å². The van der Waals surface area contributed by atoms with Gasteiger partial charge in [-0.1, -0.05) is 30.3 Å². The second kappa shape index (κ2) is 8.53. The summed E-state index contributed by atoms with van der Waals surface area (Å²) < 4.78 is 16.7. The molecular weight excluding hydrogens is 318 g/mol. The Bertz CT molecular complexity index is 689. The molecule has 3 rings (SSSR count). The zero-order valence-corrected chi connectivity index (χ0v) is 14.4. The molecule has 1 aliphatic rings. The van der Waals surface area contributed by atoms with E-state index in [1.165, 1.54) is 0 Å². The summed E-state index contributed by atoms with van der Waals surface area (Å²) in [6, 6.07) is 16.7. The summed E-state index contributed by atoms with van der Waals surface area (Å²) in [5, 5.41) is 0. The average Bonchev–Trinajstić information content (AvgIpc) is 3.10. The van der Waals surface area contributed by atoms with Crippen LogP contribution in [0.15, 0.2) is 54.6 Å². The number of nitrogens with zero attached hydrogens (tertiary/aromatic N) is 1. The van der Waals surface area contributed by atoms with Crippen molar-refractivity contribution in [3.05, 3.63) is 60.2 Å².